The molecule has 156 valence electrons. The Morgan fingerprint density at radius 3 is 2.55 bits per heavy atom. The molecular formula is C19H26N6O3S. The zero-order chi connectivity index (χ0) is 20.8. The van der Waals surface area contributed by atoms with Crippen LogP contribution in [0.1, 0.15) is 39.0 Å². The number of carbonyl (C=O) groups is 2. The molecule has 9 nitrogen and oxygen atoms in total. The Morgan fingerprint density at radius 2 is 1.90 bits per heavy atom. The van der Waals surface area contributed by atoms with Crippen molar-refractivity contribution in [1.82, 2.24) is 25.5 Å². The highest BCUT2D eigenvalue weighted by molar-refractivity contribution is 8.00. The van der Waals surface area contributed by atoms with Gasteiger partial charge in [-0.25, -0.2) is 9.47 Å². The molecule has 1 atom stereocenters. The molecule has 3 rings (SSSR count). The van der Waals surface area contributed by atoms with Gasteiger partial charge in [0.1, 0.15) is 5.75 Å². The van der Waals surface area contributed by atoms with Crippen molar-refractivity contribution in [1.29, 1.82) is 0 Å². The summed E-state index contributed by atoms with van der Waals surface area (Å²) in [5, 5.41) is 13.3. The zero-order valence-electron chi connectivity index (χ0n) is 16.6. The Morgan fingerprint density at radius 1 is 1.21 bits per heavy atom. The third-order valence-electron chi connectivity index (χ3n) is 4.84. The summed E-state index contributed by atoms with van der Waals surface area (Å²) in [5.74, 6) is 6.90. The lowest BCUT2D eigenvalue weighted by Gasteiger charge is -2.22. The van der Waals surface area contributed by atoms with E-state index in [-0.39, 0.29) is 6.04 Å². The van der Waals surface area contributed by atoms with E-state index >= 15 is 0 Å². The molecule has 3 amide bonds. The third-order valence-corrected chi connectivity index (χ3v) is 5.90. The summed E-state index contributed by atoms with van der Waals surface area (Å²) in [6.07, 6.45) is 5.32. The Kier molecular flexibility index (Phi) is 6.97. The Labute approximate surface area is 173 Å². The van der Waals surface area contributed by atoms with E-state index in [0.29, 0.717) is 11.0 Å². The van der Waals surface area contributed by atoms with Crippen LogP contribution >= 0.6 is 11.8 Å². The first-order chi connectivity index (χ1) is 14.0. The van der Waals surface area contributed by atoms with Crippen LogP contribution in [-0.2, 0) is 4.79 Å². The number of thioether (sulfide) groups is 1. The molecule has 0 radical (unpaired) electrons. The molecule has 1 aromatic carbocycles. The van der Waals surface area contributed by atoms with Crippen LogP contribution < -0.4 is 21.2 Å². The van der Waals surface area contributed by atoms with Crippen molar-refractivity contribution < 1.29 is 14.3 Å². The summed E-state index contributed by atoms with van der Waals surface area (Å²) in [6.45, 7) is 1.69. The number of methoxy groups -OCH3 is 1. The van der Waals surface area contributed by atoms with E-state index in [4.69, 9.17) is 10.6 Å². The molecule has 0 aliphatic heterocycles. The van der Waals surface area contributed by atoms with Crippen molar-refractivity contribution in [2.75, 3.05) is 13.0 Å². The molecular weight excluding hydrogens is 392 g/mol. The van der Waals surface area contributed by atoms with Crippen molar-refractivity contribution in [3.63, 3.8) is 0 Å². The second-order valence-corrected chi connectivity index (χ2v) is 8.27. The van der Waals surface area contributed by atoms with E-state index in [1.165, 1.54) is 11.1 Å². The van der Waals surface area contributed by atoms with Gasteiger partial charge in [0.05, 0.1) is 12.4 Å². The predicted molar refractivity (Wildman–Crippen MR) is 111 cm³/mol. The van der Waals surface area contributed by atoms with Gasteiger partial charge in [0.25, 0.3) is 0 Å². The van der Waals surface area contributed by atoms with Crippen LogP contribution in [0.25, 0.3) is 11.4 Å². The van der Waals surface area contributed by atoms with Crippen LogP contribution in [0.2, 0.25) is 0 Å². The largest absolute Gasteiger partial charge is 0.497 e. The number of rotatable bonds is 6. The number of nitrogens with one attached hydrogen (secondary N) is 2. The summed E-state index contributed by atoms with van der Waals surface area (Å²) >= 11 is 1.14. The van der Waals surface area contributed by atoms with Gasteiger partial charge in [-0.1, -0.05) is 31.0 Å². The van der Waals surface area contributed by atoms with E-state index in [2.05, 4.69) is 20.8 Å². The first-order valence-electron chi connectivity index (χ1n) is 9.61. The second kappa shape index (κ2) is 9.64. The van der Waals surface area contributed by atoms with Crippen LogP contribution in [0.3, 0.4) is 0 Å². The Balaban J connectivity index is 1.56. The average Bonchev–Trinajstić information content (AvgIpc) is 3.08. The van der Waals surface area contributed by atoms with Gasteiger partial charge in [-0.15, -0.1) is 10.2 Å². The number of nitrogen functional groups attached to an aromatic ring is 1. The zero-order valence-corrected chi connectivity index (χ0v) is 17.4. The summed E-state index contributed by atoms with van der Waals surface area (Å²) in [4.78, 5) is 24.4. The number of hydrogen-bond donors (Lipinski definition) is 3. The molecule has 1 saturated carbocycles. The fraction of sp³-hybridized carbons (Fsp3) is 0.474. The summed E-state index contributed by atoms with van der Waals surface area (Å²) in [6, 6.07) is 6.94. The molecule has 0 spiro atoms. The van der Waals surface area contributed by atoms with Crippen LogP contribution in [0, 0.1) is 0 Å². The number of nitrogens with two attached hydrogens (primary N) is 1. The van der Waals surface area contributed by atoms with Gasteiger partial charge in [-0.3, -0.25) is 10.1 Å². The first kappa shape index (κ1) is 21.0. The third kappa shape index (κ3) is 5.41. The Hall–Kier alpha value is -2.75. The topological polar surface area (TPSA) is 124 Å². The van der Waals surface area contributed by atoms with Crippen molar-refractivity contribution >= 4 is 23.7 Å². The minimum absolute atomic E-state index is 0.138. The first-order valence-corrected chi connectivity index (χ1v) is 10.5. The highest BCUT2D eigenvalue weighted by Crippen LogP contribution is 2.26. The molecule has 2 aromatic rings. The number of ether oxygens (including phenoxy) is 1. The molecule has 1 aromatic heterocycles. The minimum Gasteiger partial charge on any atom is -0.497 e. The SMILES string of the molecule is COc1ccc(-c2nnc(S[C@@H](C)C(=O)NC(=O)NC3CCCCC3)n2N)cc1. The predicted octanol–water partition coefficient (Wildman–Crippen LogP) is 2.31. The molecule has 1 aliphatic rings. The molecule has 1 fully saturated rings. The van der Waals surface area contributed by atoms with Gasteiger partial charge in [-0.05, 0) is 44.0 Å². The van der Waals surface area contributed by atoms with E-state index < -0.39 is 17.2 Å². The maximum Gasteiger partial charge on any atom is 0.321 e. The quantitative estimate of drug-likeness (QED) is 0.486. The summed E-state index contributed by atoms with van der Waals surface area (Å²) in [7, 11) is 1.59. The molecule has 29 heavy (non-hydrogen) atoms. The lowest BCUT2D eigenvalue weighted by atomic mass is 9.96. The van der Waals surface area contributed by atoms with E-state index in [1.807, 2.05) is 12.1 Å². The van der Waals surface area contributed by atoms with E-state index in [9.17, 15) is 9.59 Å². The smallest absolute Gasteiger partial charge is 0.321 e. The van der Waals surface area contributed by atoms with Crippen LogP contribution in [0.15, 0.2) is 29.4 Å². The summed E-state index contributed by atoms with van der Waals surface area (Å²) in [5.41, 5.74) is 0.775. The minimum atomic E-state index is -0.567. The van der Waals surface area contributed by atoms with Crippen molar-refractivity contribution in [3.05, 3.63) is 24.3 Å². The number of urea groups is 1. The van der Waals surface area contributed by atoms with Gasteiger partial charge in [0.2, 0.25) is 11.1 Å². The lowest BCUT2D eigenvalue weighted by molar-refractivity contribution is -0.119. The van der Waals surface area contributed by atoms with Gasteiger partial charge in [0, 0.05) is 11.6 Å². The number of imide groups is 1. The van der Waals surface area contributed by atoms with Crippen molar-refractivity contribution in [2.24, 2.45) is 0 Å². The maximum atomic E-state index is 12.4. The van der Waals surface area contributed by atoms with Gasteiger partial charge in [-0.2, -0.15) is 0 Å². The van der Waals surface area contributed by atoms with Crippen molar-refractivity contribution in [2.45, 2.75) is 55.5 Å². The number of amides is 3. The number of aromatic nitrogens is 3. The summed E-state index contributed by atoms with van der Waals surface area (Å²) < 4.78 is 6.48. The van der Waals surface area contributed by atoms with Crippen molar-refractivity contribution in [3.8, 4) is 17.1 Å². The van der Waals surface area contributed by atoms with Gasteiger partial charge in [0.15, 0.2) is 5.82 Å². The number of benzene rings is 1. The maximum absolute atomic E-state index is 12.4. The van der Waals surface area contributed by atoms with Crippen LogP contribution in [0.5, 0.6) is 5.75 Å². The highest BCUT2D eigenvalue weighted by Gasteiger charge is 2.23. The fourth-order valence-corrected chi connectivity index (χ4v) is 3.96. The van der Waals surface area contributed by atoms with Crippen LogP contribution in [0.4, 0.5) is 4.79 Å². The van der Waals surface area contributed by atoms with Gasteiger partial charge >= 0.3 is 6.03 Å². The number of hydrogen-bond acceptors (Lipinski definition) is 7. The van der Waals surface area contributed by atoms with Gasteiger partial charge < -0.3 is 15.9 Å². The second-order valence-electron chi connectivity index (χ2n) is 6.96. The monoisotopic (exact) mass is 418 g/mol. The van der Waals surface area contributed by atoms with Crippen LogP contribution in [-0.4, -0.2) is 45.2 Å². The molecule has 0 bridgehead atoms. The van der Waals surface area contributed by atoms with E-state index in [1.54, 1.807) is 26.2 Å². The fourth-order valence-electron chi connectivity index (χ4n) is 3.19. The average molecular weight is 419 g/mol. The number of nitrogens with zero attached hydrogens (tertiary/aromatic N) is 3. The highest BCUT2D eigenvalue weighted by atomic mass is 32.2. The molecule has 0 unspecified atom stereocenters. The normalized spacial score (nSPS) is 15.5. The Bertz CT molecular complexity index is 848. The molecule has 4 N–H and O–H groups in total. The molecule has 1 heterocycles. The van der Waals surface area contributed by atoms with E-state index in [0.717, 1.165) is 48.8 Å². The molecule has 0 saturated heterocycles. The lowest BCUT2D eigenvalue weighted by Crippen LogP contribution is -2.47. The number of carbonyl (C=O) groups excluding carboxylic acids is 2. The standard InChI is InChI=1S/C19H26N6O3S/c1-12(17(26)22-18(27)21-14-6-4-3-5-7-14)29-19-24-23-16(25(19)20)13-8-10-15(28-2)11-9-13/h8-12,14H,3-7,20H2,1-2H3,(H2,21,22,26,27)/t12-/m0/s1. The molecule has 1 aliphatic carbocycles. The molecule has 10 heteroatoms.